The second kappa shape index (κ2) is 3.57. The molecule has 1 unspecified atom stereocenters. The number of allylic oxidation sites excluding steroid dienone is 1. The Balaban J connectivity index is 3.11. The normalized spacial score (nSPS) is 21.9. The monoisotopic (exact) mass is 193 g/mol. The van der Waals surface area contributed by atoms with E-state index in [9.17, 15) is 17.2 Å². The smallest absolute Gasteiger partial charge is 0.265 e. The van der Waals surface area contributed by atoms with Gasteiger partial charge >= 0.3 is 0 Å². The van der Waals surface area contributed by atoms with Crippen LogP contribution in [0.1, 0.15) is 0 Å². The Hall–Kier alpha value is -1.04. The predicted octanol–water partition coefficient (Wildman–Crippen LogP) is 0.312. The molecule has 12 heavy (non-hydrogen) atoms. The fraction of sp³-hybridized carbons (Fsp3) is 0.333. The van der Waals surface area contributed by atoms with Gasteiger partial charge in [-0.05, 0) is 12.2 Å². The first-order valence-electron chi connectivity index (χ1n) is 3.07. The van der Waals surface area contributed by atoms with E-state index < -0.39 is 22.8 Å². The highest BCUT2D eigenvalue weighted by Crippen LogP contribution is 2.10. The lowest BCUT2D eigenvalue weighted by Crippen LogP contribution is -2.27. The van der Waals surface area contributed by atoms with Crippen molar-refractivity contribution in [2.24, 2.45) is 4.99 Å². The molecular formula is C6H5F2NO2S. The van der Waals surface area contributed by atoms with E-state index in [4.69, 9.17) is 0 Å². The maximum absolute atomic E-state index is 12.1. The highest BCUT2D eigenvalue weighted by Gasteiger charge is 2.25. The largest absolute Gasteiger partial charge is 0.278 e. The number of aliphatic imine (C=N–C) groups is 1. The van der Waals surface area contributed by atoms with Crippen LogP contribution in [0.5, 0.6) is 0 Å². The minimum absolute atomic E-state index is 0.368. The van der Waals surface area contributed by atoms with E-state index >= 15 is 0 Å². The molecule has 0 spiro atoms. The summed E-state index contributed by atoms with van der Waals surface area (Å²) in [5.41, 5.74) is 0. The third kappa shape index (κ3) is 1.76. The SMILES string of the molecule is O=S(=O)=C1C=CC=NC1C(F)F. The molecule has 3 nitrogen and oxygen atoms in total. The lowest BCUT2D eigenvalue weighted by Gasteiger charge is -2.10. The van der Waals surface area contributed by atoms with Crippen LogP contribution in [0.4, 0.5) is 8.78 Å². The molecule has 0 aromatic heterocycles. The molecule has 0 amide bonds. The van der Waals surface area contributed by atoms with E-state index in [-0.39, 0.29) is 4.86 Å². The van der Waals surface area contributed by atoms with E-state index in [0.29, 0.717) is 0 Å². The quantitative estimate of drug-likeness (QED) is 0.563. The van der Waals surface area contributed by atoms with Gasteiger partial charge in [0.15, 0.2) is 0 Å². The lowest BCUT2D eigenvalue weighted by molar-refractivity contribution is 0.141. The Morgan fingerprint density at radius 1 is 1.50 bits per heavy atom. The Kier molecular flexibility index (Phi) is 2.69. The second-order valence-corrected chi connectivity index (χ2v) is 3.01. The molecule has 0 aromatic rings. The van der Waals surface area contributed by atoms with Crippen molar-refractivity contribution in [1.29, 1.82) is 0 Å². The van der Waals surface area contributed by atoms with Gasteiger partial charge in [0.05, 0.1) is 0 Å². The number of nitrogens with zero attached hydrogens (tertiary/aromatic N) is 1. The van der Waals surface area contributed by atoms with Gasteiger partial charge in [-0.3, -0.25) is 4.99 Å². The van der Waals surface area contributed by atoms with Crippen LogP contribution in [-0.2, 0) is 10.3 Å². The van der Waals surface area contributed by atoms with Gasteiger partial charge in [-0.25, -0.2) is 8.78 Å². The first-order valence-corrected chi connectivity index (χ1v) is 4.14. The number of alkyl halides is 2. The molecule has 0 radical (unpaired) electrons. The summed E-state index contributed by atoms with van der Waals surface area (Å²) in [5, 5.41) is 0. The van der Waals surface area contributed by atoms with Crippen LogP contribution in [0, 0.1) is 0 Å². The van der Waals surface area contributed by atoms with Gasteiger partial charge in [0.25, 0.3) is 6.43 Å². The highest BCUT2D eigenvalue weighted by molar-refractivity contribution is 7.73. The number of halogens is 2. The molecule has 1 heterocycles. The molecular weight excluding hydrogens is 188 g/mol. The van der Waals surface area contributed by atoms with E-state index in [1.54, 1.807) is 0 Å². The second-order valence-electron chi connectivity index (χ2n) is 2.07. The molecule has 1 rings (SSSR count). The molecule has 0 bridgehead atoms. The van der Waals surface area contributed by atoms with Gasteiger partial charge in [-0.15, -0.1) is 0 Å². The van der Waals surface area contributed by atoms with Crippen molar-refractivity contribution in [2.45, 2.75) is 12.5 Å². The molecule has 0 N–H and O–H groups in total. The molecule has 66 valence electrons. The standard InChI is InChI=1S/C6H5F2NO2S/c7-6(8)5-4(12(10)11)2-1-3-9-5/h1-3,5-6H. The lowest BCUT2D eigenvalue weighted by atomic mass is 10.2. The first kappa shape index (κ1) is 9.05. The van der Waals surface area contributed by atoms with E-state index in [0.717, 1.165) is 12.3 Å². The molecule has 0 fully saturated rings. The van der Waals surface area contributed by atoms with Crippen LogP contribution in [-0.4, -0.2) is 32.0 Å². The Morgan fingerprint density at radius 2 is 2.17 bits per heavy atom. The number of hydrogen-bond donors (Lipinski definition) is 0. The van der Waals surface area contributed by atoms with Crippen molar-refractivity contribution in [1.82, 2.24) is 0 Å². The van der Waals surface area contributed by atoms with Gasteiger partial charge in [0.1, 0.15) is 10.9 Å². The fourth-order valence-electron chi connectivity index (χ4n) is 0.796. The van der Waals surface area contributed by atoms with Gasteiger partial charge in [-0.2, -0.15) is 8.42 Å². The summed E-state index contributed by atoms with van der Waals surface area (Å²) in [6.45, 7) is 0. The summed E-state index contributed by atoms with van der Waals surface area (Å²) in [6.07, 6.45) is 0.809. The van der Waals surface area contributed by atoms with Gasteiger partial charge in [0, 0.05) is 6.21 Å². The molecule has 0 saturated carbocycles. The number of dihydropyridines is 1. The van der Waals surface area contributed by atoms with Crippen LogP contribution in [0.25, 0.3) is 0 Å². The van der Waals surface area contributed by atoms with E-state index in [1.165, 1.54) is 6.08 Å². The maximum Gasteiger partial charge on any atom is 0.265 e. The zero-order chi connectivity index (χ0) is 9.14. The zero-order valence-corrected chi connectivity index (χ0v) is 6.63. The summed E-state index contributed by atoms with van der Waals surface area (Å²) < 4.78 is 44.9. The van der Waals surface area contributed by atoms with Crippen molar-refractivity contribution in [3.63, 3.8) is 0 Å². The summed E-state index contributed by atoms with van der Waals surface area (Å²) in [4.78, 5) is 2.97. The molecule has 1 aliphatic heterocycles. The van der Waals surface area contributed by atoms with Crippen LogP contribution < -0.4 is 0 Å². The van der Waals surface area contributed by atoms with Crippen molar-refractivity contribution >= 4 is 21.4 Å². The Labute approximate surface area is 69.0 Å². The summed E-state index contributed by atoms with van der Waals surface area (Å²) in [7, 11) is -2.62. The van der Waals surface area contributed by atoms with Crippen molar-refractivity contribution in [2.75, 3.05) is 0 Å². The van der Waals surface area contributed by atoms with Gasteiger partial charge in [0.2, 0.25) is 10.3 Å². The average Bonchev–Trinajstić information content (AvgIpc) is 2.04. The van der Waals surface area contributed by atoms with Gasteiger partial charge in [-0.1, -0.05) is 0 Å². The number of rotatable bonds is 1. The summed E-state index contributed by atoms with van der Waals surface area (Å²) in [5.74, 6) is 0. The minimum Gasteiger partial charge on any atom is -0.278 e. The van der Waals surface area contributed by atoms with Crippen molar-refractivity contribution in [3.8, 4) is 0 Å². The molecule has 0 saturated heterocycles. The molecule has 1 atom stereocenters. The van der Waals surface area contributed by atoms with Crippen molar-refractivity contribution < 1.29 is 17.2 Å². The average molecular weight is 193 g/mol. The van der Waals surface area contributed by atoms with Crippen LogP contribution >= 0.6 is 0 Å². The Morgan fingerprint density at radius 3 is 2.58 bits per heavy atom. The first-order chi connectivity index (χ1) is 5.63. The predicted molar refractivity (Wildman–Crippen MR) is 41.4 cm³/mol. The third-order valence-electron chi connectivity index (χ3n) is 1.32. The maximum atomic E-state index is 12.1. The molecule has 0 aromatic carbocycles. The van der Waals surface area contributed by atoms with Crippen molar-refractivity contribution in [3.05, 3.63) is 12.2 Å². The highest BCUT2D eigenvalue weighted by atomic mass is 32.2. The van der Waals surface area contributed by atoms with Gasteiger partial charge < -0.3 is 0 Å². The summed E-state index contributed by atoms with van der Waals surface area (Å²) in [6, 6.07) is -1.53. The number of hydrogen-bond acceptors (Lipinski definition) is 3. The van der Waals surface area contributed by atoms with Crippen LogP contribution in [0.15, 0.2) is 17.1 Å². The van der Waals surface area contributed by atoms with E-state index in [2.05, 4.69) is 4.99 Å². The third-order valence-corrected chi connectivity index (χ3v) is 2.08. The minimum atomic E-state index is -2.78. The summed E-state index contributed by atoms with van der Waals surface area (Å²) >= 11 is 0. The molecule has 1 aliphatic rings. The van der Waals surface area contributed by atoms with Crippen LogP contribution in [0.3, 0.4) is 0 Å². The molecule has 6 heteroatoms. The zero-order valence-electron chi connectivity index (χ0n) is 5.81. The fourth-order valence-corrected chi connectivity index (χ4v) is 1.35. The molecule has 0 aliphatic carbocycles. The Bertz CT molecular complexity index is 348. The topological polar surface area (TPSA) is 46.5 Å². The van der Waals surface area contributed by atoms with Crippen LogP contribution in [0.2, 0.25) is 0 Å². The van der Waals surface area contributed by atoms with E-state index in [1.807, 2.05) is 0 Å².